The zero-order valence-corrected chi connectivity index (χ0v) is 13.0. The summed E-state index contributed by atoms with van der Waals surface area (Å²) < 4.78 is 5.89. The van der Waals surface area contributed by atoms with Crippen LogP contribution in [0.25, 0.3) is 0 Å². The Morgan fingerprint density at radius 3 is 2.50 bits per heavy atom. The normalized spacial score (nSPS) is 17.6. The monoisotopic (exact) mass is 275 g/mol. The molecule has 1 saturated carbocycles. The van der Waals surface area contributed by atoms with Gasteiger partial charge in [-0.05, 0) is 49.3 Å². The number of rotatable bonds is 8. The maximum absolute atomic E-state index is 5.89. The van der Waals surface area contributed by atoms with Gasteiger partial charge in [0.15, 0.2) is 0 Å². The molecule has 1 aliphatic carbocycles. The van der Waals surface area contributed by atoms with E-state index in [1.54, 1.807) is 0 Å². The number of para-hydroxylation sites is 1. The molecule has 1 fully saturated rings. The van der Waals surface area contributed by atoms with Crippen LogP contribution in [0.2, 0.25) is 0 Å². The lowest BCUT2D eigenvalue weighted by atomic mass is 9.83. The number of benzene rings is 1. The second kappa shape index (κ2) is 7.68. The van der Waals surface area contributed by atoms with Gasteiger partial charge in [-0.15, -0.1) is 0 Å². The Morgan fingerprint density at radius 2 is 1.85 bits per heavy atom. The van der Waals surface area contributed by atoms with Crippen molar-refractivity contribution in [3.63, 3.8) is 0 Å². The summed E-state index contributed by atoms with van der Waals surface area (Å²) in [7, 11) is 0. The summed E-state index contributed by atoms with van der Waals surface area (Å²) in [5.74, 6) is 1.73. The molecule has 1 aromatic rings. The quantitative estimate of drug-likeness (QED) is 0.765. The highest BCUT2D eigenvalue weighted by molar-refractivity contribution is 5.20. The Morgan fingerprint density at radius 1 is 1.15 bits per heavy atom. The molecule has 0 amide bonds. The fraction of sp³-hybridized carbons (Fsp3) is 0.667. The molecule has 112 valence electrons. The summed E-state index contributed by atoms with van der Waals surface area (Å²) >= 11 is 0. The van der Waals surface area contributed by atoms with Gasteiger partial charge >= 0.3 is 0 Å². The van der Waals surface area contributed by atoms with Crippen LogP contribution in [0.1, 0.15) is 46.0 Å². The average Bonchev–Trinajstić information content (AvgIpc) is 2.89. The first kappa shape index (κ1) is 15.4. The Bertz CT molecular complexity index is 368. The molecule has 0 atom stereocenters. The Labute approximate surface area is 123 Å². The van der Waals surface area contributed by atoms with Crippen molar-refractivity contribution >= 4 is 0 Å². The maximum Gasteiger partial charge on any atom is 0.119 e. The number of hydrogen-bond acceptors (Lipinski definition) is 2. The molecule has 0 unspecified atom stereocenters. The van der Waals surface area contributed by atoms with Gasteiger partial charge in [0, 0.05) is 6.54 Å². The van der Waals surface area contributed by atoms with Crippen LogP contribution in [-0.4, -0.2) is 19.7 Å². The topological polar surface area (TPSA) is 21.3 Å². The molecule has 0 spiro atoms. The van der Waals surface area contributed by atoms with Crippen LogP contribution < -0.4 is 10.1 Å². The SMILES string of the molecule is CC(C)CNCC1(CCOc2ccccc2)CCCC1. The molecular formula is C18H29NO. The van der Waals surface area contributed by atoms with E-state index in [1.165, 1.54) is 32.1 Å². The molecule has 20 heavy (non-hydrogen) atoms. The first-order valence-corrected chi connectivity index (χ1v) is 8.09. The van der Waals surface area contributed by atoms with E-state index in [4.69, 9.17) is 4.74 Å². The lowest BCUT2D eigenvalue weighted by molar-refractivity contribution is 0.191. The standard InChI is InChI=1S/C18H29NO/c1-16(2)14-19-15-18(10-6-7-11-18)12-13-20-17-8-4-3-5-9-17/h3-5,8-9,16,19H,6-7,10-15H2,1-2H3. The first-order chi connectivity index (χ1) is 9.70. The van der Waals surface area contributed by atoms with Crippen LogP contribution in [0.15, 0.2) is 30.3 Å². The van der Waals surface area contributed by atoms with Crippen LogP contribution >= 0.6 is 0 Å². The second-order valence-corrected chi connectivity index (χ2v) is 6.64. The highest BCUT2D eigenvalue weighted by Gasteiger charge is 2.33. The summed E-state index contributed by atoms with van der Waals surface area (Å²) in [6.07, 6.45) is 6.66. The number of hydrogen-bond donors (Lipinski definition) is 1. The van der Waals surface area contributed by atoms with Crippen LogP contribution in [0, 0.1) is 11.3 Å². The predicted octanol–water partition coefficient (Wildman–Crippen LogP) is 4.26. The van der Waals surface area contributed by atoms with Crippen LogP contribution in [0.3, 0.4) is 0 Å². The van der Waals surface area contributed by atoms with Gasteiger partial charge in [-0.2, -0.15) is 0 Å². The van der Waals surface area contributed by atoms with E-state index in [9.17, 15) is 0 Å². The summed E-state index contributed by atoms with van der Waals surface area (Å²) in [5, 5.41) is 3.66. The highest BCUT2D eigenvalue weighted by Crippen LogP contribution is 2.40. The van der Waals surface area contributed by atoms with E-state index < -0.39 is 0 Å². The maximum atomic E-state index is 5.89. The van der Waals surface area contributed by atoms with Crippen LogP contribution in [-0.2, 0) is 0 Å². The van der Waals surface area contributed by atoms with Gasteiger partial charge in [-0.1, -0.05) is 44.9 Å². The van der Waals surface area contributed by atoms with Gasteiger partial charge in [-0.3, -0.25) is 0 Å². The zero-order valence-electron chi connectivity index (χ0n) is 13.0. The van der Waals surface area contributed by atoms with Crippen molar-refractivity contribution in [3.05, 3.63) is 30.3 Å². The molecule has 2 heteroatoms. The highest BCUT2D eigenvalue weighted by atomic mass is 16.5. The summed E-state index contributed by atoms with van der Waals surface area (Å²) in [6, 6.07) is 10.2. The second-order valence-electron chi connectivity index (χ2n) is 6.64. The molecule has 0 saturated heterocycles. The summed E-state index contributed by atoms with van der Waals surface area (Å²) in [4.78, 5) is 0. The molecule has 0 aromatic heterocycles. The molecule has 2 nitrogen and oxygen atoms in total. The molecule has 0 heterocycles. The van der Waals surface area contributed by atoms with Crippen LogP contribution in [0.4, 0.5) is 0 Å². The van der Waals surface area contributed by atoms with Crippen molar-refractivity contribution in [3.8, 4) is 5.75 Å². The first-order valence-electron chi connectivity index (χ1n) is 8.09. The lowest BCUT2D eigenvalue weighted by Crippen LogP contribution is -2.35. The van der Waals surface area contributed by atoms with Crippen molar-refractivity contribution in [2.24, 2.45) is 11.3 Å². The third-order valence-electron chi connectivity index (χ3n) is 4.36. The molecule has 1 aromatic carbocycles. The minimum atomic E-state index is 0.476. The molecular weight excluding hydrogens is 246 g/mol. The van der Waals surface area contributed by atoms with Gasteiger partial charge in [0.1, 0.15) is 5.75 Å². The van der Waals surface area contributed by atoms with Crippen molar-refractivity contribution in [1.82, 2.24) is 5.32 Å². The van der Waals surface area contributed by atoms with Crippen molar-refractivity contribution in [2.75, 3.05) is 19.7 Å². The van der Waals surface area contributed by atoms with Gasteiger partial charge in [0.05, 0.1) is 6.61 Å². The van der Waals surface area contributed by atoms with Gasteiger partial charge in [0.2, 0.25) is 0 Å². The molecule has 1 N–H and O–H groups in total. The van der Waals surface area contributed by atoms with E-state index in [0.717, 1.165) is 31.4 Å². The predicted molar refractivity (Wildman–Crippen MR) is 85.2 cm³/mol. The van der Waals surface area contributed by atoms with Gasteiger partial charge < -0.3 is 10.1 Å². The smallest absolute Gasteiger partial charge is 0.119 e. The van der Waals surface area contributed by atoms with E-state index in [2.05, 4.69) is 19.2 Å². The Hall–Kier alpha value is -1.02. The summed E-state index contributed by atoms with van der Waals surface area (Å²) in [5.41, 5.74) is 0.476. The fourth-order valence-electron chi connectivity index (χ4n) is 3.17. The molecule has 1 aliphatic rings. The van der Waals surface area contributed by atoms with E-state index in [0.29, 0.717) is 5.41 Å². The number of nitrogens with one attached hydrogen (secondary N) is 1. The van der Waals surface area contributed by atoms with Crippen molar-refractivity contribution < 1.29 is 4.74 Å². The average molecular weight is 275 g/mol. The number of ether oxygens (including phenoxy) is 1. The third-order valence-corrected chi connectivity index (χ3v) is 4.36. The Balaban J connectivity index is 1.77. The zero-order chi connectivity index (χ0) is 14.3. The van der Waals surface area contributed by atoms with E-state index in [1.807, 2.05) is 30.3 Å². The molecule has 0 aliphatic heterocycles. The minimum Gasteiger partial charge on any atom is -0.494 e. The van der Waals surface area contributed by atoms with Gasteiger partial charge in [0.25, 0.3) is 0 Å². The van der Waals surface area contributed by atoms with E-state index >= 15 is 0 Å². The molecule has 0 radical (unpaired) electrons. The third kappa shape index (κ3) is 4.82. The van der Waals surface area contributed by atoms with Crippen molar-refractivity contribution in [2.45, 2.75) is 46.0 Å². The molecule has 2 rings (SSSR count). The largest absolute Gasteiger partial charge is 0.494 e. The summed E-state index contributed by atoms with van der Waals surface area (Å²) in [6.45, 7) is 7.66. The Kier molecular flexibility index (Phi) is 5.90. The lowest BCUT2D eigenvalue weighted by Gasteiger charge is -2.30. The van der Waals surface area contributed by atoms with Crippen LogP contribution in [0.5, 0.6) is 5.75 Å². The van der Waals surface area contributed by atoms with E-state index in [-0.39, 0.29) is 0 Å². The van der Waals surface area contributed by atoms with Crippen molar-refractivity contribution in [1.29, 1.82) is 0 Å². The minimum absolute atomic E-state index is 0.476. The molecule has 0 bridgehead atoms. The fourth-order valence-corrected chi connectivity index (χ4v) is 3.17. The van der Waals surface area contributed by atoms with Gasteiger partial charge in [-0.25, -0.2) is 0 Å².